The molecule has 0 unspecified atom stereocenters. The van der Waals surface area contributed by atoms with Gasteiger partial charge in [0.2, 0.25) is 10.0 Å². The molecule has 0 radical (unpaired) electrons. The molecule has 126 valence electrons. The van der Waals surface area contributed by atoms with E-state index in [-0.39, 0.29) is 10.7 Å². The van der Waals surface area contributed by atoms with E-state index in [0.29, 0.717) is 5.56 Å². The van der Waals surface area contributed by atoms with Crippen LogP contribution >= 0.6 is 11.3 Å². The maximum atomic E-state index is 12.2. The molecule has 1 heterocycles. The zero-order chi connectivity index (χ0) is 17.9. The van der Waals surface area contributed by atoms with Crippen molar-refractivity contribution in [3.05, 3.63) is 83.2 Å². The number of carbonyl (C=O) groups is 1. The fourth-order valence-corrected chi connectivity index (χ4v) is 3.53. The molecule has 0 fully saturated rings. The second-order valence-corrected chi connectivity index (χ2v) is 7.88. The Kier molecular flexibility index (Phi) is 4.94. The molecule has 6 heteroatoms. The van der Waals surface area contributed by atoms with Crippen LogP contribution in [0.5, 0.6) is 0 Å². The monoisotopic (exact) mass is 369 g/mol. The number of hydrogen-bond acceptors (Lipinski definition) is 4. The quantitative estimate of drug-likeness (QED) is 0.546. The Balaban J connectivity index is 1.72. The van der Waals surface area contributed by atoms with Crippen LogP contribution in [0, 0.1) is 0 Å². The average molecular weight is 369 g/mol. The van der Waals surface area contributed by atoms with Gasteiger partial charge >= 0.3 is 0 Å². The number of benzene rings is 2. The van der Waals surface area contributed by atoms with Gasteiger partial charge in [-0.1, -0.05) is 36.4 Å². The van der Waals surface area contributed by atoms with Gasteiger partial charge in [-0.2, -0.15) is 0 Å². The van der Waals surface area contributed by atoms with Gasteiger partial charge in [0.1, 0.15) is 0 Å². The SMILES string of the molecule is NS(=O)(=O)c1ccc(C(=O)/C=C/c2ccc(-c3cccs3)cc2)cc1. The van der Waals surface area contributed by atoms with Crippen LogP contribution in [0.15, 0.2) is 77.0 Å². The lowest BCUT2D eigenvalue weighted by Crippen LogP contribution is -2.12. The number of carbonyl (C=O) groups excluding carboxylic acids is 1. The van der Waals surface area contributed by atoms with Gasteiger partial charge in [-0.15, -0.1) is 11.3 Å². The molecule has 25 heavy (non-hydrogen) atoms. The fraction of sp³-hybridized carbons (Fsp3) is 0. The highest BCUT2D eigenvalue weighted by atomic mass is 32.2. The van der Waals surface area contributed by atoms with E-state index in [1.165, 1.54) is 35.2 Å². The molecule has 1 aromatic heterocycles. The number of thiophene rings is 1. The number of rotatable bonds is 5. The van der Waals surface area contributed by atoms with Crippen molar-refractivity contribution in [2.75, 3.05) is 0 Å². The minimum atomic E-state index is -3.75. The van der Waals surface area contributed by atoms with Gasteiger partial charge in [-0.05, 0) is 52.9 Å². The lowest BCUT2D eigenvalue weighted by Gasteiger charge is -2.00. The number of sulfonamides is 1. The predicted octanol–water partition coefficient (Wildman–Crippen LogP) is 3.96. The zero-order valence-electron chi connectivity index (χ0n) is 13.1. The molecule has 0 atom stereocenters. The summed E-state index contributed by atoms with van der Waals surface area (Å²) >= 11 is 1.68. The van der Waals surface area contributed by atoms with Gasteiger partial charge in [0.15, 0.2) is 5.78 Å². The molecule has 0 saturated carbocycles. The molecular weight excluding hydrogens is 354 g/mol. The Labute approximate surface area is 150 Å². The second-order valence-electron chi connectivity index (χ2n) is 5.37. The normalized spacial score (nSPS) is 11.7. The molecule has 0 aliphatic carbocycles. The van der Waals surface area contributed by atoms with E-state index >= 15 is 0 Å². The minimum absolute atomic E-state index is 0.0165. The van der Waals surface area contributed by atoms with E-state index < -0.39 is 10.0 Å². The van der Waals surface area contributed by atoms with Crippen LogP contribution in [-0.4, -0.2) is 14.2 Å². The molecule has 4 nitrogen and oxygen atoms in total. The van der Waals surface area contributed by atoms with Crippen LogP contribution in [0.1, 0.15) is 15.9 Å². The third-order valence-electron chi connectivity index (χ3n) is 3.61. The Morgan fingerprint density at radius 3 is 2.20 bits per heavy atom. The summed E-state index contributed by atoms with van der Waals surface area (Å²) < 4.78 is 22.4. The molecule has 3 aromatic rings. The molecule has 0 aliphatic rings. The average Bonchev–Trinajstić information content (AvgIpc) is 3.14. The first-order chi connectivity index (χ1) is 11.9. The van der Waals surface area contributed by atoms with Gasteiger partial charge in [0.05, 0.1) is 4.90 Å². The zero-order valence-corrected chi connectivity index (χ0v) is 14.8. The third kappa shape index (κ3) is 4.30. The van der Waals surface area contributed by atoms with Crippen molar-refractivity contribution < 1.29 is 13.2 Å². The first-order valence-corrected chi connectivity index (χ1v) is 9.85. The molecule has 2 N–H and O–H groups in total. The largest absolute Gasteiger partial charge is 0.289 e. The first kappa shape index (κ1) is 17.3. The van der Waals surface area contributed by atoms with Crippen LogP contribution in [-0.2, 0) is 10.0 Å². The summed E-state index contributed by atoms with van der Waals surface area (Å²) in [7, 11) is -3.75. The number of hydrogen-bond donors (Lipinski definition) is 1. The summed E-state index contributed by atoms with van der Waals surface area (Å²) in [6.07, 6.45) is 3.19. The van der Waals surface area contributed by atoms with E-state index in [0.717, 1.165) is 11.1 Å². The van der Waals surface area contributed by atoms with Crippen molar-refractivity contribution in [2.24, 2.45) is 5.14 Å². The molecule has 0 amide bonds. The summed E-state index contributed by atoms with van der Waals surface area (Å²) in [4.78, 5) is 13.3. The van der Waals surface area contributed by atoms with Crippen molar-refractivity contribution in [2.45, 2.75) is 4.90 Å². The highest BCUT2D eigenvalue weighted by Crippen LogP contribution is 2.24. The second kappa shape index (κ2) is 7.14. The molecule has 0 aliphatic heterocycles. The van der Waals surface area contributed by atoms with Gasteiger partial charge in [0.25, 0.3) is 0 Å². The lowest BCUT2D eigenvalue weighted by atomic mass is 10.1. The first-order valence-electron chi connectivity index (χ1n) is 7.43. The highest BCUT2D eigenvalue weighted by Gasteiger charge is 2.08. The number of allylic oxidation sites excluding steroid dienone is 1. The van der Waals surface area contributed by atoms with Crippen molar-refractivity contribution in [3.63, 3.8) is 0 Å². The Hall–Kier alpha value is -2.54. The van der Waals surface area contributed by atoms with Crippen LogP contribution < -0.4 is 5.14 Å². The van der Waals surface area contributed by atoms with E-state index in [9.17, 15) is 13.2 Å². The summed E-state index contributed by atoms with van der Waals surface area (Å²) in [5.41, 5.74) is 2.45. The molecule has 0 saturated heterocycles. The van der Waals surface area contributed by atoms with Crippen LogP contribution in [0.4, 0.5) is 0 Å². The van der Waals surface area contributed by atoms with Crippen LogP contribution in [0.2, 0.25) is 0 Å². The predicted molar refractivity (Wildman–Crippen MR) is 101 cm³/mol. The van der Waals surface area contributed by atoms with E-state index in [4.69, 9.17) is 5.14 Å². The van der Waals surface area contributed by atoms with E-state index in [1.807, 2.05) is 35.7 Å². The van der Waals surface area contributed by atoms with E-state index in [2.05, 4.69) is 6.07 Å². The van der Waals surface area contributed by atoms with Gasteiger partial charge in [0, 0.05) is 10.4 Å². The van der Waals surface area contributed by atoms with Crippen LogP contribution in [0.25, 0.3) is 16.5 Å². The minimum Gasteiger partial charge on any atom is -0.289 e. The summed E-state index contributed by atoms with van der Waals surface area (Å²) in [5, 5.41) is 7.07. The van der Waals surface area contributed by atoms with Crippen molar-refractivity contribution >= 4 is 33.2 Å². The molecule has 3 rings (SSSR count). The Morgan fingerprint density at radius 2 is 1.64 bits per heavy atom. The lowest BCUT2D eigenvalue weighted by molar-refractivity contribution is 0.104. The molecular formula is C19H15NO3S2. The van der Waals surface area contributed by atoms with E-state index in [1.54, 1.807) is 17.4 Å². The van der Waals surface area contributed by atoms with Gasteiger partial charge < -0.3 is 0 Å². The number of nitrogens with two attached hydrogens (primary N) is 1. The molecule has 2 aromatic carbocycles. The summed E-state index contributed by atoms with van der Waals surface area (Å²) in [6.45, 7) is 0. The smallest absolute Gasteiger partial charge is 0.238 e. The van der Waals surface area contributed by atoms with Crippen molar-refractivity contribution in [1.82, 2.24) is 0 Å². The number of primary sulfonamides is 1. The highest BCUT2D eigenvalue weighted by molar-refractivity contribution is 7.89. The summed E-state index contributed by atoms with van der Waals surface area (Å²) in [6, 6.07) is 17.5. The maximum Gasteiger partial charge on any atom is 0.238 e. The topological polar surface area (TPSA) is 77.2 Å². The molecule has 0 bridgehead atoms. The van der Waals surface area contributed by atoms with Gasteiger partial charge in [-0.25, -0.2) is 13.6 Å². The Bertz CT molecular complexity index is 1000. The molecule has 0 spiro atoms. The third-order valence-corrected chi connectivity index (χ3v) is 5.46. The van der Waals surface area contributed by atoms with Gasteiger partial charge in [-0.3, -0.25) is 4.79 Å². The standard InChI is InChI=1S/C19H15NO3S2/c20-25(22,23)17-10-8-15(9-11-17)18(21)12-5-14-3-6-16(7-4-14)19-2-1-13-24-19/h1-13H,(H2,20,22,23)/b12-5+. The summed E-state index contributed by atoms with van der Waals surface area (Å²) in [5.74, 6) is -0.205. The van der Waals surface area contributed by atoms with Crippen LogP contribution in [0.3, 0.4) is 0 Å². The van der Waals surface area contributed by atoms with Crippen molar-refractivity contribution in [1.29, 1.82) is 0 Å². The Morgan fingerprint density at radius 1 is 0.960 bits per heavy atom. The fourth-order valence-electron chi connectivity index (χ4n) is 2.28. The maximum absolute atomic E-state index is 12.2. The number of ketones is 1. The van der Waals surface area contributed by atoms with Crippen molar-refractivity contribution in [3.8, 4) is 10.4 Å².